The van der Waals surface area contributed by atoms with E-state index in [1.807, 2.05) is 37.8 Å². The van der Waals surface area contributed by atoms with Crippen LogP contribution < -0.4 is 4.74 Å². The van der Waals surface area contributed by atoms with E-state index in [0.717, 1.165) is 42.6 Å². The summed E-state index contributed by atoms with van der Waals surface area (Å²) >= 11 is 3.55. The summed E-state index contributed by atoms with van der Waals surface area (Å²) in [7, 11) is 0. The molecule has 1 aliphatic heterocycles. The van der Waals surface area contributed by atoms with Crippen molar-refractivity contribution < 1.29 is 14.3 Å². The van der Waals surface area contributed by atoms with Crippen molar-refractivity contribution in [2.75, 3.05) is 13.1 Å². The molecule has 1 saturated carbocycles. The van der Waals surface area contributed by atoms with Gasteiger partial charge in [-0.3, -0.25) is 0 Å². The highest BCUT2D eigenvalue weighted by atomic mass is 79.9. The lowest BCUT2D eigenvalue weighted by Gasteiger charge is -2.48. The Morgan fingerprint density at radius 3 is 2.67 bits per heavy atom. The predicted octanol–water partition coefficient (Wildman–Crippen LogP) is 4.93. The number of aryl methyl sites for hydroxylation is 1. The molecule has 1 atom stereocenters. The van der Waals surface area contributed by atoms with Crippen molar-refractivity contribution >= 4 is 22.0 Å². The van der Waals surface area contributed by atoms with Crippen molar-refractivity contribution in [2.24, 2.45) is 5.41 Å². The van der Waals surface area contributed by atoms with Crippen molar-refractivity contribution in [1.82, 2.24) is 4.90 Å². The molecule has 0 bridgehead atoms. The van der Waals surface area contributed by atoms with Crippen molar-refractivity contribution in [2.45, 2.75) is 58.7 Å². The molecule has 1 spiro atoms. The van der Waals surface area contributed by atoms with Crippen LogP contribution in [-0.4, -0.2) is 35.8 Å². The zero-order chi connectivity index (χ0) is 17.5. The van der Waals surface area contributed by atoms with Gasteiger partial charge < -0.3 is 14.4 Å². The highest BCUT2D eigenvalue weighted by Crippen LogP contribution is 2.47. The lowest BCUT2D eigenvalue weighted by molar-refractivity contribution is -0.0350. The molecule has 5 heteroatoms. The highest BCUT2D eigenvalue weighted by molar-refractivity contribution is 9.10. The van der Waals surface area contributed by atoms with E-state index in [1.54, 1.807) is 0 Å². The second kappa shape index (κ2) is 6.25. The zero-order valence-electron chi connectivity index (χ0n) is 14.9. The van der Waals surface area contributed by atoms with Gasteiger partial charge in [0.25, 0.3) is 0 Å². The van der Waals surface area contributed by atoms with Crippen molar-refractivity contribution in [1.29, 1.82) is 0 Å². The van der Waals surface area contributed by atoms with Gasteiger partial charge in [-0.25, -0.2) is 4.79 Å². The molecule has 1 saturated heterocycles. The normalized spacial score (nSPS) is 22.4. The monoisotopic (exact) mass is 395 g/mol. The molecule has 4 nitrogen and oxygen atoms in total. The summed E-state index contributed by atoms with van der Waals surface area (Å²) in [6.45, 7) is 9.36. The van der Waals surface area contributed by atoms with Gasteiger partial charge in [-0.2, -0.15) is 0 Å². The van der Waals surface area contributed by atoms with Crippen LogP contribution in [0.5, 0.6) is 5.75 Å². The SMILES string of the molecule is Cc1ccc(OC2CCC3(C2)CN(C(=O)OC(C)(C)C)C3)cc1Br. The third kappa shape index (κ3) is 3.88. The molecule has 132 valence electrons. The second-order valence-electron chi connectivity index (χ2n) is 8.23. The molecule has 24 heavy (non-hydrogen) atoms. The molecular weight excluding hydrogens is 370 g/mol. The molecule has 3 rings (SSSR count). The topological polar surface area (TPSA) is 38.8 Å². The number of benzene rings is 1. The molecule has 1 aromatic carbocycles. The van der Waals surface area contributed by atoms with Crippen LogP contribution in [0.3, 0.4) is 0 Å². The zero-order valence-corrected chi connectivity index (χ0v) is 16.5. The van der Waals surface area contributed by atoms with Crippen LogP contribution in [0.2, 0.25) is 0 Å². The molecule has 0 aromatic heterocycles. The molecule has 1 aromatic rings. The number of carbonyl (C=O) groups is 1. The molecule has 1 unspecified atom stereocenters. The Kier molecular flexibility index (Phi) is 4.58. The number of hydrogen-bond donors (Lipinski definition) is 0. The summed E-state index contributed by atoms with van der Waals surface area (Å²) in [4.78, 5) is 13.9. The van der Waals surface area contributed by atoms with Crippen LogP contribution in [0, 0.1) is 12.3 Å². The smallest absolute Gasteiger partial charge is 0.410 e. The lowest BCUT2D eigenvalue weighted by Crippen LogP contribution is -2.58. The standard InChI is InChI=1S/C19H26BrNO3/c1-13-5-6-14(9-16(13)20)23-15-7-8-19(10-15)11-21(12-19)17(22)24-18(2,3)4/h5-6,9,15H,7-8,10-12H2,1-4H3. The number of halogens is 1. The van der Waals surface area contributed by atoms with Gasteiger partial charge in [0.2, 0.25) is 0 Å². The lowest BCUT2D eigenvalue weighted by atomic mass is 9.78. The van der Waals surface area contributed by atoms with E-state index in [-0.39, 0.29) is 17.6 Å². The minimum atomic E-state index is -0.431. The third-order valence-electron chi connectivity index (χ3n) is 4.81. The first-order chi connectivity index (χ1) is 11.2. The third-order valence-corrected chi connectivity index (χ3v) is 5.66. The van der Waals surface area contributed by atoms with Gasteiger partial charge in [-0.05, 0) is 64.7 Å². The minimum Gasteiger partial charge on any atom is -0.490 e. The Labute approximate surface area is 152 Å². The summed E-state index contributed by atoms with van der Waals surface area (Å²) in [5, 5.41) is 0. The fraction of sp³-hybridized carbons (Fsp3) is 0.632. The molecule has 1 heterocycles. The van der Waals surface area contributed by atoms with E-state index >= 15 is 0 Å². The van der Waals surface area contributed by atoms with Gasteiger partial charge in [0, 0.05) is 23.0 Å². The highest BCUT2D eigenvalue weighted by Gasteiger charge is 2.51. The van der Waals surface area contributed by atoms with Crippen LogP contribution >= 0.6 is 15.9 Å². The molecule has 1 amide bonds. The average Bonchev–Trinajstić information content (AvgIpc) is 2.83. The first-order valence-electron chi connectivity index (χ1n) is 8.57. The Balaban J connectivity index is 1.51. The van der Waals surface area contributed by atoms with Crippen molar-refractivity contribution in [3.05, 3.63) is 28.2 Å². The van der Waals surface area contributed by atoms with Crippen LogP contribution in [0.1, 0.15) is 45.6 Å². The van der Waals surface area contributed by atoms with Crippen molar-refractivity contribution in [3.63, 3.8) is 0 Å². The van der Waals surface area contributed by atoms with Crippen LogP contribution in [0.25, 0.3) is 0 Å². The van der Waals surface area contributed by atoms with E-state index in [4.69, 9.17) is 9.47 Å². The number of carbonyl (C=O) groups excluding carboxylic acids is 1. The van der Waals surface area contributed by atoms with Crippen LogP contribution in [0.4, 0.5) is 4.79 Å². The summed E-state index contributed by atoms with van der Waals surface area (Å²) in [5.74, 6) is 0.915. The molecule has 2 fully saturated rings. The van der Waals surface area contributed by atoms with E-state index in [2.05, 4.69) is 28.9 Å². The van der Waals surface area contributed by atoms with E-state index in [1.165, 1.54) is 5.56 Å². The molecule has 0 radical (unpaired) electrons. The number of amides is 1. The molecule has 1 aliphatic carbocycles. The maximum atomic E-state index is 12.1. The Morgan fingerprint density at radius 1 is 1.33 bits per heavy atom. The van der Waals surface area contributed by atoms with Gasteiger partial charge >= 0.3 is 6.09 Å². The van der Waals surface area contributed by atoms with Crippen LogP contribution in [-0.2, 0) is 4.74 Å². The van der Waals surface area contributed by atoms with E-state index in [0.29, 0.717) is 0 Å². The van der Waals surface area contributed by atoms with Gasteiger partial charge in [0.05, 0.1) is 6.10 Å². The number of likely N-dealkylation sites (tertiary alicyclic amines) is 1. The first kappa shape index (κ1) is 17.6. The fourth-order valence-corrected chi connectivity index (χ4v) is 3.96. The number of rotatable bonds is 2. The quantitative estimate of drug-likeness (QED) is 0.712. The molecule has 0 N–H and O–H groups in total. The minimum absolute atomic E-state index is 0.194. The number of hydrogen-bond acceptors (Lipinski definition) is 3. The number of nitrogens with zero attached hydrogens (tertiary/aromatic N) is 1. The van der Waals surface area contributed by atoms with E-state index in [9.17, 15) is 4.79 Å². The Morgan fingerprint density at radius 2 is 2.04 bits per heavy atom. The van der Waals surface area contributed by atoms with E-state index < -0.39 is 5.60 Å². The van der Waals surface area contributed by atoms with Gasteiger partial charge in [0.1, 0.15) is 11.4 Å². The Bertz CT molecular complexity index is 632. The maximum Gasteiger partial charge on any atom is 0.410 e. The second-order valence-corrected chi connectivity index (χ2v) is 9.08. The van der Waals surface area contributed by atoms with Gasteiger partial charge in [-0.15, -0.1) is 0 Å². The summed E-state index contributed by atoms with van der Waals surface area (Å²) < 4.78 is 12.7. The molecule has 2 aliphatic rings. The summed E-state index contributed by atoms with van der Waals surface area (Å²) in [6.07, 6.45) is 3.22. The molecular formula is C19H26BrNO3. The Hall–Kier alpha value is -1.23. The maximum absolute atomic E-state index is 12.1. The fourth-order valence-electron chi connectivity index (χ4n) is 3.60. The largest absolute Gasteiger partial charge is 0.490 e. The predicted molar refractivity (Wildman–Crippen MR) is 97.4 cm³/mol. The average molecular weight is 396 g/mol. The van der Waals surface area contributed by atoms with Crippen LogP contribution in [0.15, 0.2) is 22.7 Å². The van der Waals surface area contributed by atoms with Gasteiger partial charge in [-0.1, -0.05) is 22.0 Å². The first-order valence-corrected chi connectivity index (χ1v) is 9.36. The summed E-state index contributed by atoms with van der Waals surface area (Å²) in [5.41, 5.74) is 1.00. The number of ether oxygens (including phenoxy) is 2. The van der Waals surface area contributed by atoms with Gasteiger partial charge in [0.15, 0.2) is 0 Å². The van der Waals surface area contributed by atoms with Crippen molar-refractivity contribution in [3.8, 4) is 5.75 Å². The summed E-state index contributed by atoms with van der Waals surface area (Å²) in [6, 6.07) is 6.13.